The molecule has 0 radical (unpaired) electrons. The van der Waals surface area contributed by atoms with Gasteiger partial charge in [0, 0.05) is 0 Å². The largest absolute Gasteiger partial charge is 2.00 e. The second kappa shape index (κ2) is 7.24. The maximum atomic E-state index is 5.46. The van der Waals surface area contributed by atoms with Crippen molar-refractivity contribution in [3.63, 3.8) is 0 Å². The number of rotatable bonds is 0. The second-order valence-electron chi connectivity index (χ2n) is 2.21. The molecule has 0 aliphatic carbocycles. The summed E-state index contributed by atoms with van der Waals surface area (Å²) in [5, 5.41) is 1.63. The quantitative estimate of drug-likeness (QED) is 0.618. The summed E-state index contributed by atoms with van der Waals surface area (Å²) in [4.78, 5) is 0. The van der Waals surface area contributed by atoms with E-state index in [1.807, 2.05) is 48.5 Å². The average Bonchev–Trinajstić information content (AvgIpc) is 2.63. The summed E-state index contributed by atoms with van der Waals surface area (Å²) in [7, 11) is 0. The van der Waals surface area contributed by atoms with Gasteiger partial charge in [-0.1, -0.05) is 10.0 Å². The number of halogens is 2. The molecule has 0 bridgehead atoms. The Hall–Kier alpha value is -0.188. The summed E-state index contributed by atoms with van der Waals surface area (Å²) in [6.07, 6.45) is 0. The van der Waals surface area contributed by atoms with Crippen molar-refractivity contribution >= 4 is 23.2 Å². The molecule has 13 heavy (non-hydrogen) atoms. The van der Waals surface area contributed by atoms with Crippen molar-refractivity contribution in [2.45, 2.75) is 0 Å². The molecular weight excluding hydrogens is 243 g/mol. The van der Waals surface area contributed by atoms with Gasteiger partial charge in [-0.2, -0.15) is 47.5 Å². The third-order valence-corrected chi connectivity index (χ3v) is 1.75. The first kappa shape index (κ1) is 12.8. The molecule has 2 rings (SSSR count). The van der Waals surface area contributed by atoms with E-state index in [1.165, 1.54) is 0 Å². The van der Waals surface area contributed by atoms with E-state index in [-0.39, 0.29) is 17.4 Å². The SMILES string of the molecule is Cl[c-]1cccc1.Cl[c-]1cccc1.[Cr+2]. The molecule has 3 heteroatoms. The van der Waals surface area contributed by atoms with Crippen LogP contribution in [-0.4, -0.2) is 0 Å². The van der Waals surface area contributed by atoms with Crippen molar-refractivity contribution < 1.29 is 17.4 Å². The van der Waals surface area contributed by atoms with Crippen LogP contribution >= 0.6 is 23.2 Å². The first-order chi connectivity index (χ1) is 5.79. The van der Waals surface area contributed by atoms with Gasteiger partial charge in [-0.05, 0) is 0 Å². The van der Waals surface area contributed by atoms with E-state index >= 15 is 0 Å². The van der Waals surface area contributed by atoms with Crippen LogP contribution in [0.3, 0.4) is 0 Å². The van der Waals surface area contributed by atoms with Gasteiger partial charge in [-0.15, -0.1) is 0 Å². The Balaban J connectivity index is 0.000000206. The first-order valence-electron chi connectivity index (χ1n) is 3.53. The molecule has 0 unspecified atom stereocenters. The van der Waals surface area contributed by atoms with Gasteiger partial charge < -0.3 is 0 Å². The predicted octanol–water partition coefficient (Wildman–Crippen LogP) is 4.12. The van der Waals surface area contributed by atoms with E-state index < -0.39 is 0 Å². The summed E-state index contributed by atoms with van der Waals surface area (Å²) in [5.41, 5.74) is 0. The van der Waals surface area contributed by atoms with E-state index in [1.54, 1.807) is 0 Å². The van der Waals surface area contributed by atoms with Crippen molar-refractivity contribution in [3.8, 4) is 0 Å². The molecular formula is C10H8Cl2Cr. The Labute approximate surface area is 99.0 Å². The fraction of sp³-hybridized carbons (Fsp3) is 0. The molecule has 0 amide bonds. The van der Waals surface area contributed by atoms with Crippen molar-refractivity contribution in [1.82, 2.24) is 0 Å². The third kappa shape index (κ3) is 5.96. The Kier molecular flexibility index (Phi) is 7.13. The topological polar surface area (TPSA) is 0 Å². The van der Waals surface area contributed by atoms with Crippen LogP contribution in [0.2, 0.25) is 10.0 Å². The van der Waals surface area contributed by atoms with Crippen molar-refractivity contribution in [2.75, 3.05) is 0 Å². The molecule has 0 atom stereocenters. The summed E-state index contributed by atoms with van der Waals surface area (Å²) >= 11 is 10.9. The zero-order valence-corrected chi connectivity index (χ0v) is 9.57. The zero-order valence-electron chi connectivity index (χ0n) is 6.78. The molecule has 2 aromatic carbocycles. The summed E-state index contributed by atoms with van der Waals surface area (Å²) in [6.45, 7) is 0. The van der Waals surface area contributed by atoms with Gasteiger partial charge in [0.2, 0.25) is 0 Å². The van der Waals surface area contributed by atoms with Crippen LogP contribution in [0.4, 0.5) is 0 Å². The standard InChI is InChI=1S/2C5H4Cl.Cr/c2*6-5-3-1-2-4-5;/h2*1-4H;/q2*-1;+2. The Morgan fingerprint density at radius 3 is 0.923 bits per heavy atom. The zero-order chi connectivity index (χ0) is 8.81. The molecule has 0 aliphatic rings. The molecule has 0 nitrogen and oxygen atoms in total. The molecule has 68 valence electrons. The van der Waals surface area contributed by atoms with Crippen molar-refractivity contribution in [2.24, 2.45) is 0 Å². The van der Waals surface area contributed by atoms with Crippen LogP contribution < -0.4 is 0 Å². The van der Waals surface area contributed by atoms with Crippen LogP contribution in [0.15, 0.2) is 48.5 Å². The van der Waals surface area contributed by atoms with Gasteiger partial charge in [0.1, 0.15) is 0 Å². The Bertz CT molecular complexity index is 252. The molecule has 2 aromatic rings. The monoisotopic (exact) mass is 250 g/mol. The molecule has 0 aliphatic heterocycles. The average molecular weight is 251 g/mol. The predicted molar refractivity (Wildman–Crippen MR) is 54.1 cm³/mol. The maximum absolute atomic E-state index is 5.46. The minimum atomic E-state index is 0. The van der Waals surface area contributed by atoms with Crippen molar-refractivity contribution in [3.05, 3.63) is 58.6 Å². The van der Waals surface area contributed by atoms with Gasteiger partial charge in [-0.25, -0.2) is 24.3 Å². The normalized spacial score (nSPS) is 8.15. The molecule has 0 aromatic heterocycles. The van der Waals surface area contributed by atoms with Gasteiger partial charge in [0.15, 0.2) is 0 Å². The van der Waals surface area contributed by atoms with Gasteiger partial charge >= 0.3 is 17.4 Å². The minimum absolute atomic E-state index is 0. The molecule has 0 fully saturated rings. The van der Waals surface area contributed by atoms with Crippen LogP contribution in [0, 0.1) is 0 Å². The number of hydrogen-bond acceptors (Lipinski definition) is 0. The molecule has 0 saturated heterocycles. The van der Waals surface area contributed by atoms with E-state index in [9.17, 15) is 0 Å². The fourth-order valence-electron chi connectivity index (χ4n) is 0.701. The van der Waals surface area contributed by atoms with Gasteiger partial charge in [-0.3, -0.25) is 0 Å². The third-order valence-electron chi connectivity index (χ3n) is 1.24. The maximum Gasteiger partial charge on any atom is 2.00 e. The van der Waals surface area contributed by atoms with Crippen LogP contribution in [-0.2, 0) is 17.4 Å². The second-order valence-corrected chi connectivity index (χ2v) is 3.08. The van der Waals surface area contributed by atoms with Crippen molar-refractivity contribution in [1.29, 1.82) is 0 Å². The smallest absolute Gasteiger partial charge is 0.212 e. The number of hydrogen-bond donors (Lipinski definition) is 0. The van der Waals surface area contributed by atoms with E-state index in [0.717, 1.165) is 10.0 Å². The van der Waals surface area contributed by atoms with Crippen LogP contribution in [0.5, 0.6) is 0 Å². The van der Waals surface area contributed by atoms with E-state index in [2.05, 4.69) is 0 Å². The summed E-state index contributed by atoms with van der Waals surface area (Å²) in [6, 6.07) is 15.0. The fourth-order valence-corrected chi connectivity index (χ4v) is 0.992. The van der Waals surface area contributed by atoms with E-state index in [4.69, 9.17) is 23.2 Å². The first-order valence-corrected chi connectivity index (χ1v) is 4.29. The van der Waals surface area contributed by atoms with E-state index in [0.29, 0.717) is 0 Å². The molecule has 0 N–H and O–H groups in total. The molecule has 0 heterocycles. The minimum Gasteiger partial charge on any atom is -0.212 e. The molecule has 0 saturated carbocycles. The molecule has 0 spiro atoms. The van der Waals surface area contributed by atoms with Crippen LogP contribution in [0.1, 0.15) is 0 Å². The van der Waals surface area contributed by atoms with Gasteiger partial charge in [0.05, 0.1) is 0 Å². The summed E-state index contributed by atoms with van der Waals surface area (Å²) in [5.74, 6) is 0. The summed E-state index contributed by atoms with van der Waals surface area (Å²) < 4.78 is 0. The van der Waals surface area contributed by atoms with Gasteiger partial charge in [0.25, 0.3) is 0 Å². The Morgan fingerprint density at radius 1 is 0.615 bits per heavy atom. The van der Waals surface area contributed by atoms with Crippen LogP contribution in [0.25, 0.3) is 0 Å². The Morgan fingerprint density at radius 2 is 0.846 bits per heavy atom.